The number of nitrogens with zero attached hydrogens (tertiary/aromatic N) is 2. The van der Waals surface area contributed by atoms with Crippen molar-refractivity contribution in [1.82, 2.24) is 9.55 Å². The highest BCUT2D eigenvalue weighted by molar-refractivity contribution is 5.26. The highest BCUT2D eigenvalue weighted by atomic mass is 19.1. The Morgan fingerprint density at radius 2 is 2.26 bits per heavy atom. The average Bonchev–Trinajstić information content (AvgIpc) is 2.37. The van der Waals surface area contributed by atoms with Gasteiger partial charge in [-0.2, -0.15) is 4.98 Å². The van der Waals surface area contributed by atoms with Crippen LogP contribution >= 0.6 is 0 Å². The molecule has 2 heterocycles. The summed E-state index contributed by atoms with van der Waals surface area (Å²) in [6.07, 6.45) is -3.91. The van der Waals surface area contributed by atoms with Crippen LogP contribution in [0, 0.1) is 5.82 Å². The van der Waals surface area contributed by atoms with Crippen molar-refractivity contribution in [3.05, 3.63) is 22.5 Å². The maximum Gasteiger partial charge on any atom is 0.351 e. The minimum Gasteiger partial charge on any atom is -0.394 e. The summed E-state index contributed by atoms with van der Waals surface area (Å²) in [4.78, 5) is 14.9. The Morgan fingerprint density at radius 1 is 1.58 bits per heavy atom. The Balaban J connectivity index is 2.32. The first-order valence-electron chi connectivity index (χ1n) is 5.60. The molecule has 0 aromatic carbocycles. The second-order valence-corrected chi connectivity index (χ2v) is 4.27. The zero-order valence-corrected chi connectivity index (χ0v) is 9.81. The standard InChI is InChI=1S/C10H14FN3O5/c11-4-2-14(10(18)13-9(4)12)7-1-5(16)8(17)6(3-15)19-7/h2,5-8,15-17H,1,3H2,(H2,12,13,18)/t5-,6+,7?,8+/m0/s1. The number of aromatic nitrogens is 2. The van der Waals surface area contributed by atoms with Gasteiger partial charge in [-0.05, 0) is 0 Å². The largest absolute Gasteiger partial charge is 0.394 e. The molecule has 2 rings (SSSR count). The van der Waals surface area contributed by atoms with Crippen molar-refractivity contribution in [2.45, 2.75) is 31.0 Å². The fraction of sp³-hybridized carbons (Fsp3) is 0.600. The van der Waals surface area contributed by atoms with E-state index < -0.39 is 48.5 Å². The van der Waals surface area contributed by atoms with Crippen LogP contribution in [0.3, 0.4) is 0 Å². The number of aliphatic hydroxyl groups excluding tert-OH is 3. The van der Waals surface area contributed by atoms with Crippen molar-refractivity contribution < 1.29 is 24.4 Å². The third-order valence-corrected chi connectivity index (χ3v) is 2.97. The van der Waals surface area contributed by atoms with Crippen LogP contribution in [0.1, 0.15) is 12.6 Å². The zero-order valence-electron chi connectivity index (χ0n) is 9.81. The molecule has 0 saturated carbocycles. The van der Waals surface area contributed by atoms with E-state index in [4.69, 9.17) is 15.6 Å². The van der Waals surface area contributed by atoms with Crippen LogP contribution in [0.5, 0.6) is 0 Å². The number of ether oxygens (including phenoxy) is 1. The molecule has 19 heavy (non-hydrogen) atoms. The minimum atomic E-state index is -1.27. The maximum atomic E-state index is 13.3. The van der Waals surface area contributed by atoms with E-state index in [2.05, 4.69) is 4.98 Å². The van der Waals surface area contributed by atoms with Gasteiger partial charge >= 0.3 is 5.69 Å². The molecule has 1 aliphatic rings. The Labute approximate surface area is 106 Å². The summed E-state index contributed by atoms with van der Waals surface area (Å²) in [6.45, 7) is -0.547. The van der Waals surface area contributed by atoms with E-state index in [0.29, 0.717) is 0 Å². The number of hydrogen-bond donors (Lipinski definition) is 4. The van der Waals surface area contributed by atoms with E-state index >= 15 is 0 Å². The molecule has 8 nitrogen and oxygen atoms in total. The van der Waals surface area contributed by atoms with Crippen LogP contribution in [-0.4, -0.2) is 49.8 Å². The maximum absolute atomic E-state index is 13.3. The van der Waals surface area contributed by atoms with Gasteiger partial charge in [-0.1, -0.05) is 0 Å². The number of aliphatic hydroxyl groups is 3. The van der Waals surface area contributed by atoms with Gasteiger partial charge in [0.05, 0.1) is 18.9 Å². The molecule has 0 aliphatic carbocycles. The monoisotopic (exact) mass is 275 g/mol. The average molecular weight is 275 g/mol. The number of halogens is 1. The van der Waals surface area contributed by atoms with Gasteiger partial charge < -0.3 is 25.8 Å². The number of rotatable bonds is 2. The van der Waals surface area contributed by atoms with Crippen molar-refractivity contribution in [2.75, 3.05) is 12.3 Å². The van der Waals surface area contributed by atoms with E-state index in [1.807, 2.05) is 0 Å². The first kappa shape index (κ1) is 13.9. The van der Waals surface area contributed by atoms with Crippen LogP contribution in [0.15, 0.2) is 11.0 Å². The summed E-state index contributed by atoms with van der Waals surface area (Å²) in [7, 11) is 0. The first-order valence-corrected chi connectivity index (χ1v) is 5.60. The van der Waals surface area contributed by atoms with E-state index in [1.54, 1.807) is 0 Å². The smallest absolute Gasteiger partial charge is 0.351 e. The van der Waals surface area contributed by atoms with Gasteiger partial charge in [0.25, 0.3) is 0 Å². The van der Waals surface area contributed by atoms with Crippen LogP contribution in [0.25, 0.3) is 0 Å². The summed E-state index contributed by atoms with van der Waals surface area (Å²) in [5.41, 5.74) is 4.31. The molecule has 1 saturated heterocycles. The highest BCUT2D eigenvalue weighted by Crippen LogP contribution is 2.26. The molecule has 4 atom stereocenters. The van der Waals surface area contributed by atoms with E-state index in [9.17, 15) is 19.4 Å². The minimum absolute atomic E-state index is 0.136. The number of nitrogens with two attached hydrogens (primary N) is 1. The molecule has 5 N–H and O–H groups in total. The lowest BCUT2D eigenvalue weighted by molar-refractivity contribution is -0.202. The molecule has 0 bridgehead atoms. The summed E-state index contributed by atoms with van der Waals surface area (Å²) in [5.74, 6) is -1.43. The fourth-order valence-corrected chi connectivity index (χ4v) is 1.93. The van der Waals surface area contributed by atoms with Gasteiger partial charge in [-0.15, -0.1) is 0 Å². The topological polar surface area (TPSA) is 131 Å². The van der Waals surface area contributed by atoms with Crippen molar-refractivity contribution in [1.29, 1.82) is 0 Å². The molecule has 1 aliphatic heterocycles. The number of hydrogen-bond acceptors (Lipinski definition) is 7. The SMILES string of the molecule is Nc1nc(=O)n(C2C[C@H](O)[C@@H](O)[C@@H](CO)O2)cc1F. The van der Waals surface area contributed by atoms with Crippen molar-refractivity contribution in [3.63, 3.8) is 0 Å². The lowest BCUT2D eigenvalue weighted by Crippen LogP contribution is -2.49. The van der Waals surface area contributed by atoms with Gasteiger partial charge in [0.2, 0.25) is 0 Å². The molecule has 1 aromatic heterocycles. The molecule has 0 amide bonds. The van der Waals surface area contributed by atoms with Crippen LogP contribution in [0.2, 0.25) is 0 Å². The van der Waals surface area contributed by atoms with Gasteiger partial charge in [0.1, 0.15) is 18.4 Å². The quantitative estimate of drug-likeness (QED) is 0.489. The Hall–Kier alpha value is -1.55. The third kappa shape index (κ3) is 2.59. The molecular weight excluding hydrogens is 261 g/mol. The molecule has 0 spiro atoms. The van der Waals surface area contributed by atoms with E-state index in [-0.39, 0.29) is 6.42 Å². The van der Waals surface area contributed by atoms with Crippen molar-refractivity contribution in [2.24, 2.45) is 0 Å². The Bertz CT molecular complexity index is 522. The van der Waals surface area contributed by atoms with Crippen LogP contribution in [0.4, 0.5) is 10.2 Å². The molecule has 0 radical (unpaired) electrons. The molecule has 1 unspecified atom stereocenters. The van der Waals surface area contributed by atoms with Crippen LogP contribution < -0.4 is 11.4 Å². The van der Waals surface area contributed by atoms with Crippen molar-refractivity contribution >= 4 is 5.82 Å². The fourth-order valence-electron chi connectivity index (χ4n) is 1.93. The molecule has 1 fully saturated rings. The zero-order chi connectivity index (χ0) is 14.2. The summed E-state index contributed by atoms with van der Waals surface area (Å²) >= 11 is 0. The van der Waals surface area contributed by atoms with Gasteiger partial charge in [0.15, 0.2) is 11.6 Å². The number of nitrogen functional groups attached to an aromatic ring is 1. The lowest BCUT2D eigenvalue weighted by Gasteiger charge is -2.36. The summed E-state index contributed by atoms with van der Waals surface area (Å²) < 4.78 is 19.4. The highest BCUT2D eigenvalue weighted by Gasteiger charge is 2.37. The third-order valence-electron chi connectivity index (χ3n) is 2.97. The summed E-state index contributed by atoms with van der Waals surface area (Å²) in [5, 5.41) is 28.2. The molecular formula is C10H14FN3O5. The predicted octanol–water partition coefficient (Wildman–Crippen LogP) is -2.03. The first-order chi connectivity index (χ1) is 8.93. The number of anilines is 1. The molecule has 9 heteroatoms. The normalized spacial score (nSPS) is 31.4. The van der Waals surface area contributed by atoms with Gasteiger partial charge in [-0.25, -0.2) is 9.18 Å². The van der Waals surface area contributed by atoms with Gasteiger partial charge in [0, 0.05) is 6.42 Å². The second-order valence-electron chi connectivity index (χ2n) is 4.27. The Kier molecular flexibility index (Phi) is 3.80. The summed E-state index contributed by atoms with van der Waals surface area (Å²) in [6, 6.07) is 0. The predicted molar refractivity (Wildman–Crippen MR) is 60.5 cm³/mol. The van der Waals surface area contributed by atoms with E-state index in [0.717, 1.165) is 10.8 Å². The van der Waals surface area contributed by atoms with Crippen LogP contribution in [-0.2, 0) is 4.74 Å². The molecule has 1 aromatic rings. The van der Waals surface area contributed by atoms with Crippen molar-refractivity contribution in [3.8, 4) is 0 Å². The second kappa shape index (κ2) is 5.21. The van der Waals surface area contributed by atoms with Gasteiger partial charge in [-0.3, -0.25) is 4.57 Å². The van der Waals surface area contributed by atoms with E-state index in [1.165, 1.54) is 0 Å². The lowest BCUT2D eigenvalue weighted by atomic mass is 10.0. The molecule has 106 valence electrons. The Morgan fingerprint density at radius 3 is 2.89 bits per heavy atom.